The van der Waals surface area contributed by atoms with Crippen molar-refractivity contribution in [2.24, 2.45) is 0 Å². The first kappa shape index (κ1) is 17.0. The largest absolute Gasteiger partial charge is 0.321 e. The summed E-state index contributed by atoms with van der Waals surface area (Å²) in [6.07, 6.45) is 0. The molecule has 0 aliphatic heterocycles. The summed E-state index contributed by atoms with van der Waals surface area (Å²) < 4.78 is 0. The van der Waals surface area contributed by atoms with Gasteiger partial charge in [0.2, 0.25) is 5.28 Å². The number of benzene rings is 1. The number of carbonyl (C=O) groups is 2. The Bertz CT molecular complexity index is 929. The Balaban J connectivity index is 1.80. The van der Waals surface area contributed by atoms with Crippen molar-refractivity contribution in [3.05, 3.63) is 64.1 Å². The molecule has 0 unspecified atom stereocenters. The highest BCUT2D eigenvalue weighted by Gasteiger charge is 2.16. The zero-order chi connectivity index (χ0) is 17.8. The fourth-order valence-electron chi connectivity index (χ4n) is 1.94. The van der Waals surface area contributed by atoms with Crippen LogP contribution in [0.3, 0.4) is 0 Å². The van der Waals surface area contributed by atoms with Crippen molar-refractivity contribution in [3.8, 4) is 0 Å². The number of anilines is 2. The van der Waals surface area contributed by atoms with Crippen molar-refractivity contribution in [1.29, 1.82) is 0 Å². The van der Waals surface area contributed by atoms with Gasteiger partial charge in [-0.15, -0.1) is 11.3 Å². The van der Waals surface area contributed by atoms with E-state index in [-0.39, 0.29) is 16.7 Å². The molecule has 3 aromatic rings. The van der Waals surface area contributed by atoms with Crippen molar-refractivity contribution in [1.82, 2.24) is 15.0 Å². The summed E-state index contributed by atoms with van der Waals surface area (Å²) in [4.78, 5) is 36.5. The molecule has 0 spiro atoms. The third kappa shape index (κ3) is 4.37. The second kappa shape index (κ2) is 7.37. The lowest BCUT2D eigenvalue weighted by Gasteiger charge is -2.06. The first-order valence-electron chi connectivity index (χ1n) is 7.16. The average Bonchev–Trinajstić information content (AvgIpc) is 3.00. The molecule has 3 rings (SSSR count). The number of nitrogens with zero attached hydrogens (tertiary/aromatic N) is 3. The van der Waals surface area contributed by atoms with Gasteiger partial charge in [-0.3, -0.25) is 14.9 Å². The van der Waals surface area contributed by atoms with Crippen LogP contribution in [0.15, 0.2) is 41.8 Å². The normalized spacial score (nSPS) is 10.3. The molecule has 1 aromatic carbocycles. The van der Waals surface area contributed by atoms with Crippen molar-refractivity contribution in [3.63, 3.8) is 0 Å². The summed E-state index contributed by atoms with van der Waals surface area (Å²) in [6, 6.07) is 10.2. The second-order valence-corrected chi connectivity index (χ2v) is 6.17. The SMILES string of the molecule is Cc1csc(NC(=O)c2cc(C(=O)Nc3ccccc3)nc(Cl)n2)n1. The maximum Gasteiger partial charge on any atom is 0.276 e. The minimum absolute atomic E-state index is 0.00989. The number of carbonyl (C=O) groups excluding carboxylic acids is 2. The first-order valence-corrected chi connectivity index (χ1v) is 8.41. The van der Waals surface area contributed by atoms with Crippen molar-refractivity contribution >= 4 is 45.6 Å². The predicted octanol–water partition coefficient (Wildman–Crippen LogP) is 3.40. The van der Waals surface area contributed by atoms with Gasteiger partial charge < -0.3 is 5.32 Å². The lowest BCUT2D eigenvalue weighted by Crippen LogP contribution is -2.18. The van der Waals surface area contributed by atoms with Crippen LogP contribution >= 0.6 is 22.9 Å². The summed E-state index contributed by atoms with van der Waals surface area (Å²) in [6.45, 7) is 1.82. The minimum Gasteiger partial charge on any atom is -0.321 e. The highest BCUT2D eigenvalue weighted by molar-refractivity contribution is 7.13. The number of amides is 2. The molecule has 0 radical (unpaired) electrons. The van der Waals surface area contributed by atoms with Crippen molar-refractivity contribution < 1.29 is 9.59 Å². The molecule has 25 heavy (non-hydrogen) atoms. The summed E-state index contributed by atoms with van der Waals surface area (Å²) in [5.41, 5.74) is 1.37. The van der Waals surface area contributed by atoms with Crippen LogP contribution in [0.1, 0.15) is 26.7 Å². The summed E-state index contributed by atoms with van der Waals surface area (Å²) in [5, 5.41) is 7.34. The van der Waals surface area contributed by atoms with E-state index in [2.05, 4.69) is 25.6 Å². The van der Waals surface area contributed by atoms with Crippen LogP contribution in [0.2, 0.25) is 5.28 Å². The van der Waals surface area contributed by atoms with Crippen molar-refractivity contribution in [2.45, 2.75) is 6.92 Å². The summed E-state index contributed by atoms with van der Waals surface area (Å²) in [7, 11) is 0. The molecule has 0 fully saturated rings. The van der Waals surface area contributed by atoms with Crippen LogP contribution in [-0.2, 0) is 0 Å². The molecule has 0 saturated heterocycles. The van der Waals surface area contributed by atoms with E-state index >= 15 is 0 Å². The van der Waals surface area contributed by atoms with Crippen LogP contribution in [0.5, 0.6) is 0 Å². The maximum atomic E-state index is 12.3. The molecule has 9 heteroatoms. The maximum absolute atomic E-state index is 12.3. The molecule has 0 saturated carbocycles. The third-order valence-electron chi connectivity index (χ3n) is 3.04. The number of halogens is 1. The monoisotopic (exact) mass is 373 g/mol. The topological polar surface area (TPSA) is 96.9 Å². The van der Waals surface area contributed by atoms with Gasteiger partial charge in [0, 0.05) is 17.1 Å². The van der Waals surface area contributed by atoms with Crippen molar-refractivity contribution in [2.75, 3.05) is 10.6 Å². The van der Waals surface area contributed by atoms with Gasteiger partial charge in [0.1, 0.15) is 11.4 Å². The average molecular weight is 374 g/mol. The fourth-order valence-corrected chi connectivity index (χ4v) is 2.80. The predicted molar refractivity (Wildman–Crippen MR) is 96.2 cm³/mol. The molecule has 0 aliphatic carbocycles. The van der Waals surface area contributed by atoms with Crippen LogP contribution < -0.4 is 10.6 Å². The number of nitrogens with one attached hydrogen (secondary N) is 2. The first-order chi connectivity index (χ1) is 12.0. The standard InChI is InChI=1S/C16H12ClN5O2S/c1-9-8-25-16(18-9)22-14(24)12-7-11(20-15(17)21-12)13(23)19-10-5-3-2-4-6-10/h2-8H,1H3,(H,19,23)(H,18,22,24). The molecular formula is C16H12ClN5O2S. The highest BCUT2D eigenvalue weighted by atomic mass is 35.5. The number of rotatable bonds is 4. The quantitative estimate of drug-likeness (QED) is 0.683. The van der Waals surface area contributed by atoms with Gasteiger partial charge in [-0.1, -0.05) is 18.2 Å². The number of aryl methyl sites for hydroxylation is 1. The van der Waals surface area contributed by atoms with Gasteiger partial charge in [0.05, 0.1) is 5.69 Å². The number of thiazole rings is 1. The summed E-state index contributed by atoms with van der Waals surface area (Å²) >= 11 is 7.14. The smallest absolute Gasteiger partial charge is 0.276 e. The third-order valence-corrected chi connectivity index (χ3v) is 4.08. The van der Waals surface area contributed by atoms with E-state index < -0.39 is 11.8 Å². The molecule has 7 nitrogen and oxygen atoms in total. The van der Waals surface area contributed by atoms with Gasteiger partial charge in [-0.25, -0.2) is 15.0 Å². The second-order valence-electron chi connectivity index (χ2n) is 4.98. The minimum atomic E-state index is -0.521. The Morgan fingerprint density at radius 2 is 1.64 bits per heavy atom. The molecule has 2 amide bonds. The van der Waals surface area contributed by atoms with E-state index in [1.807, 2.05) is 13.0 Å². The molecule has 0 aliphatic rings. The van der Waals surface area contributed by atoms with E-state index in [9.17, 15) is 9.59 Å². The van der Waals surface area contributed by atoms with E-state index in [0.717, 1.165) is 5.69 Å². The van der Waals surface area contributed by atoms with Gasteiger partial charge in [0.25, 0.3) is 11.8 Å². The Morgan fingerprint density at radius 3 is 2.24 bits per heavy atom. The van der Waals surface area contributed by atoms with E-state index in [4.69, 9.17) is 11.6 Å². The zero-order valence-corrected chi connectivity index (χ0v) is 14.6. The zero-order valence-electron chi connectivity index (χ0n) is 13.0. The van der Waals surface area contributed by atoms with Gasteiger partial charge in [-0.2, -0.15) is 0 Å². The Labute approximate surface area is 152 Å². The van der Waals surface area contributed by atoms with Crippen LogP contribution in [-0.4, -0.2) is 26.8 Å². The van der Waals surface area contributed by atoms with Gasteiger partial charge in [0.15, 0.2) is 5.13 Å². The molecule has 2 aromatic heterocycles. The highest BCUT2D eigenvalue weighted by Crippen LogP contribution is 2.16. The molecule has 0 bridgehead atoms. The lowest BCUT2D eigenvalue weighted by atomic mass is 10.2. The Hall–Kier alpha value is -2.84. The molecule has 126 valence electrons. The Morgan fingerprint density at radius 1 is 1.00 bits per heavy atom. The lowest BCUT2D eigenvalue weighted by molar-refractivity contribution is 0.102. The van der Waals surface area contributed by atoms with Crippen LogP contribution in [0.4, 0.5) is 10.8 Å². The number of hydrogen-bond acceptors (Lipinski definition) is 6. The summed E-state index contributed by atoms with van der Waals surface area (Å²) in [5.74, 6) is -1.01. The number of aromatic nitrogens is 3. The van der Waals surface area contributed by atoms with E-state index in [1.54, 1.807) is 29.6 Å². The Kier molecular flexibility index (Phi) is 5.01. The number of para-hydroxylation sites is 1. The molecular weight excluding hydrogens is 362 g/mol. The van der Waals surface area contributed by atoms with Crippen LogP contribution in [0, 0.1) is 6.92 Å². The van der Waals surface area contributed by atoms with Crippen LogP contribution in [0.25, 0.3) is 0 Å². The molecule has 2 N–H and O–H groups in total. The van der Waals surface area contributed by atoms with Gasteiger partial charge >= 0.3 is 0 Å². The van der Waals surface area contributed by atoms with E-state index in [1.165, 1.54) is 17.4 Å². The number of hydrogen-bond donors (Lipinski definition) is 2. The molecule has 2 heterocycles. The fraction of sp³-hybridized carbons (Fsp3) is 0.0625. The van der Waals surface area contributed by atoms with E-state index in [0.29, 0.717) is 10.8 Å². The molecule has 0 atom stereocenters. The van der Waals surface area contributed by atoms with Gasteiger partial charge in [-0.05, 0) is 30.7 Å².